The number of rotatable bonds is 2. The number of benzene rings is 2. The summed E-state index contributed by atoms with van der Waals surface area (Å²) >= 11 is 5.55. The van der Waals surface area contributed by atoms with E-state index in [0.29, 0.717) is 6.42 Å². The summed E-state index contributed by atoms with van der Waals surface area (Å²) in [4.78, 5) is 11.2. The molecule has 2 aromatic rings. The van der Waals surface area contributed by atoms with E-state index in [9.17, 15) is 4.79 Å². The topological polar surface area (TPSA) is 17.1 Å². The Hall–Kier alpha value is -1.60. The van der Waals surface area contributed by atoms with Crippen molar-refractivity contribution in [2.75, 3.05) is 0 Å². The molecule has 0 N–H and O–H groups in total. The lowest BCUT2D eigenvalue weighted by atomic mass is 9.94. The SMILES string of the molecule is O=C(Cl)CC1c2ccccc2-c2ccccc21. The summed E-state index contributed by atoms with van der Waals surface area (Å²) in [5.74, 6) is 0.118. The van der Waals surface area contributed by atoms with E-state index in [1.165, 1.54) is 22.3 Å². The van der Waals surface area contributed by atoms with E-state index in [1.54, 1.807) is 0 Å². The Morgan fingerprint density at radius 1 is 0.941 bits per heavy atom. The number of fused-ring (bicyclic) bond motifs is 3. The Morgan fingerprint density at radius 3 is 1.88 bits per heavy atom. The summed E-state index contributed by atoms with van der Waals surface area (Å²) in [6.45, 7) is 0. The van der Waals surface area contributed by atoms with E-state index in [2.05, 4.69) is 24.3 Å². The summed E-state index contributed by atoms with van der Waals surface area (Å²) < 4.78 is 0. The molecule has 0 fully saturated rings. The lowest BCUT2D eigenvalue weighted by Crippen LogP contribution is -2.00. The van der Waals surface area contributed by atoms with Gasteiger partial charge in [-0.25, -0.2) is 0 Å². The normalized spacial score (nSPS) is 13.2. The van der Waals surface area contributed by atoms with Gasteiger partial charge in [0.15, 0.2) is 0 Å². The molecule has 1 nitrogen and oxygen atoms in total. The van der Waals surface area contributed by atoms with Crippen LogP contribution in [0.5, 0.6) is 0 Å². The highest BCUT2D eigenvalue weighted by atomic mass is 35.5. The number of halogens is 1. The van der Waals surface area contributed by atoms with Gasteiger partial charge in [-0.3, -0.25) is 4.79 Å². The van der Waals surface area contributed by atoms with Gasteiger partial charge in [-0.05, 0) is 33.9 Å². The van der Waals surface area contributed by atoms with Crippen molar-refractivity contribution in [2.24, 2.45) is 0 Å². The summed E-state index contributed by atoms with van der Waals surface area (Å²) in [6.07, 6.45) is 0.371. The molecule has 17 heavy (non-hydrogen) atoms. The van der Waals surface area contributed by atoms with Crippen molar-refractivity contribution in [3.8, 4) is 11.1 Å². The van der Waals surface area contributed by atoms with E-state index < -0.39 is 0 Å². The highest BCUT2D eigenvalue weighted by Gasteiger charge is 2.28. The molecule has 0 aromatic heterocycles. The molecule has 0 aliphatic heterocycles. The molecule has 0 saturated carbocycles. The third-order valence-corrected chi connectivity index (χ3v) is 3.48. The highest BCUT2D eigenvalue weighted by Crippen LogP contribution is 2.46. The first-order valence-electron chi connectivity index (χ1n) is 5.64. The van der Waals surface area contributed by atoms with Gasteiger partial charge in [0.05, 0.1) is 0 Å². The van der Waals surface area contributed by atoms with Gasteiger partial charge in [-0.15, -0.1) is 0 Å². The molecule has 0 saturated heterocycles. The molecule has 2 heteroatoms. The monoisotopic (exact) mass is 242 g/mol. The second kappa shape index (κ2) is 4.01. The Bertz CT molecular complexity index is 543. The number of carbonyl (C=O) groups is 1. The molecule has 1 aliphatic carbocycles. The zero-order valence-electron chi connectivity index (χ0n) is 9.19. The second-order valence-electron chi connectivity index (χ2n) is 4.29. The zero-order chi connectivity index (χ0) is 11.8. The Balaban J connectivity index is 2.20. The molecular formula is C15H11ClO. The average molecular weight is 243 g/mol. The van der Waals surface area contributed by atoms with Gasteiger partial charge < -0.3 is 0 Å². The summed E-state index contributed by atoms with van der Waals surface area (Å²) in [5, 5.41) is -0.276. The molecule has 2 aromatic carbocycles. The van der Waals surface area contributed by atoms with E-state index in [4.69, 9.17) is 11.6 Å². The Morgan fingerprint density at radius 2 is 1.41 bits per heavy atom. The van der Waals surface area contributed by atoms with Crippen LogP contribution < -0.4 is 0 Å². The lowest BCUT2D eigenvalue weighted by Gasteiger charge is -2.10. The minimum Gasteiger partial charge on any atom is -0.281 e. The van der Waals surface area contributed by atoms with Crippen LogP contribution in [0.1, 0.15) is 23.5 Å². The molecule has 0 bridgehead atoms. The molecule has 0 amide bonds. The zero-order valence-corrected chi connectivity index (χ0v) is 9.95. The van der Waals surface area contributed by atoms with Crippen molar-refractivity contribution in [3.63, 3.8) is 0 Å². The molecule has 0 unspecified atom stereocenters. The van der Waals surface area contributed by atoms with Crippen molar-refractivity contribution in [1.29, 1.82) is 0 Å². The van der Waals surface area contributed by atoms with Crippen LogP contribution >= 0.6 is 11.6 Å². The molecule has 0 spiro atoms. The quantitative estimate of drug-likeness (QED) is 0.729. The summed E-state index contributed by atoms with van der Waals surface area (Å²) in [7, 11) is 0. The van der Waals surface area contributed by atoms with Gasteiger partial charge in [0, 0.05) is 12.3 Å². The van der Waals surface area contributed by atoms with Crippen LogP contribution in [-0.2, 0) is 4.79 Å². The fraction of sp³-hybridized carbons (Fsp3) is 0.133. The maximum absolute atomic E-state index is 11.2. The van der Waals surface area contributed by atoms with Gasteiger partial charge in [0.1, 0.15) is 0 Å². The van der Waals surface area contributed by atoms with Crippen LogP contribution in [0.3, 0.4) is 0 Å². The maximum Gasteiger partial charge on any atom is 0.222 e. The molecular weight excluding hydrogens is 232 g/mol. The van der Waals surface area contributed by atoms with Crippen LogP contribution in [0.15, 0.2) is 48.5 Å². The standard InChI is InChI=1S/C15H11ClO/c16-15(17)9-14-12-7-3-1-5-10(12)11-6-2-4-8-13(11)14/h1-8,14H,9H2. The van der Waals surface area contributed by atoms with E-state index in [-0.39, 0.29) is 11.2 Å². The minimum absolute atomic E-state index is 0.118. The van der Waals surface area contributed by atoms with Crippen molar-refractivity contribution in [1.82, 2.24) is 0 Å². The van der Waals surface area contributed by atoms with Crippen molar-refractivity contribution in [3.05, 3.63) is 59.7 Å². The van der Waals surface area contributed by atoms with Gasteiger partial charge in [0.25, 0.3) is 0 Å². The predicted octanol–water partition coefficient (Wildman–Crippen LogP) is 3.95. The number of hydrogen-bond donors (Lipinski definition) is 0. The van der Waals surface area contributed by atoms with Crippen molar-refractivity contribution < 1.29 is 4.79 Å². The molecule has 0 atom stereocenters. The van der Waals surface area contributed by atoms with Crippen LogP contribution in [0.4, 0.5) is 0 Å². The van der Waals surface area contributed by atoms with Crippen LogP contribution in [-0.4, -0.2) is 5.24 Å². The third kappa shape index (κ3) is 1.67. The molecule has 0 heterocycles. The predicted molar refractivity (Wildman–Crippen MR) is 69.2 cm³/mol. The lowest BCUT2D eigenvalue weighted by molar-refractivity contribution is -0.111. The van der Waals surface area contributed by atoms with Gasteiger partial charge >= 0.3 is 0 Å². The third-order valence-electron chi connectivity index (χ3n) is 3.33. The summed E-state index contributed by atoms with van der Waals surface area (Å²) in [6, 6.07) is 16.5. The average Bonchev–Trinajstić information content (AvgIpc) is 2.65. The first-order chi connectivity index (χ1) is 8.27. The van der Waals surface area contributed by atoms with E-state index in [1.807, 2.05) is 24.3 Å². The summed E-state index contributed by atoms with van der Waals surface area (Å²) in [5.41, 5.74) is 4.88. The second-order valence-corrected chi connectivity index (χ2v) is 4.71. The van der Waals surface area contributed by atoms with E-state index in [0.717, 1.165) is 0 Å². The molecule has 0 radical (unpaired) electrons. The van der Waals surface area contributed by atoms with Gasteiger partial charge in [-0.1, -0.05) is 48.5 Å². The fourth-order valence-electron chi connectivity index (χ4n) is 2.64. The first-order valence-corrected chi connectivity index (χ1v) is 6.01. The molecule has 3 rings (SSSR count). The Labute approximate surface area is 105 Å². The van der Waals surface area contributed by atoms with Crippen LogP contribution in [0.25, 0.3) is 11.1 Å². The smallest absolute Gasteiger partial charge is 0.222 e. The largest absolute Gasteiger partial charge is 0.281 e. The molecule has 84 valence electrons. The van der Waals surface area contributed by atoms with Crippen LogP contribution in [0.2, 0.25) is 0 Å². The van der Waals surface area contributed by atoms with Crippen molar-refractivity contribution in [2.45, 2.75) is 12.3 Å². The van der Waals surface area contributed by atoms with Crippen molar-refractivity contribution >= 4 is 16.8 Å². The minimum atomic E-state index is -0.276. The first kappa shape index (κ1) is 10.5. The maximum atomic E-state index is 11.2. The Kier molecular flexibility index (Phi) is 2.49. The number of hydrogen-bond acceptors (Lipinski definition) is 1. The van der Waals surface area contributed by atoms with E-state index >= 15 is 0 Å². The van der Waals surface area contributed by atoms with Gasteiger partial charge in [0.2, 0.25) is 5.24 Å². The molecule has 1 aliphatic rings. The fourth-order valence-corrected chi connectivity index (χ4v) is 2.79. The van der Waals surface area contributed by atoms with Crippen LogP contribution in [0, 0.1) is 0 Å². The highest BCUT2D eigenvalue weighted by molar-refractivity contribution is 6.63. The number of carbonyl (C=O) groups excluding carboxylic acids is 1. The van der Waals surface area contributed by atoms with Gasteiger partial charge in [-0.2, -0.15) is 0 Å².